The molecule has 0 aliphatic rings. The summed E-state index contributed by atoms with van der Waals surface area (Å²) in [5, 5.41) is 0. The van der Waals surface area contributed by atoms with Crippen molar-refractivity contribution in [2.24, 2.45) is 4.99 Å². The van der Waals surface area contributed by atoms with Crippen molar-refractivity contribution >= 4 is 14.5 Å². The van der Waals surface area contributed by atoms with Crippen LogP contribution in [-0.2, 0) is 6.54 Å². The number of hydrogen-bond acceptors (Lipinski definition) is 5. The first-order chi connectivity index (χ1) is 9.54. The predicted molar refractivity (Wildman–Crippen MR) is 81.5 cm³/mol. The number of benzene rings is 1. The summed E-state index contributed by atoms with van der Waals surface area (Å²) in [5.74, 6) is 1.48. The fourth-order valence-corrected chi connectivity index (χ4v) is 2.46. The molecule has 0 aliphatic heterocycles. The molecule has 2 aromatic rings. The summed E-state index contributed by atoms with van der Waals surface area (Å²) in [7, 11) is -1.62. The third-order valence-corrected chi connectivity index (χ3v) is 3.20. The zero-order valence-electron chi connectivity index (χ0n) is 11.9. The number of aromatic nitrogens is 3. The molecule has 0 fully saturated rings. The maximum Gasteiger partial charge on any atom is 0.242 e. The van der Waals surface area contributed by atoms with Crippen molar-refractivity contribution in [1.82, 2.24) is 15.0 Å². The van der Waals surface area contributed by atoms with Gasteiger partial charge in [0, 0.05) is 5.56 Å². The number of rotatable bonds is 5. The van der Waals surface area contributed by atoms with Gasteiger partial charge in [0.2, 0.25) is 8.32 Å². The molecule has 1 aromatic carbocycles. The molecule has 0 unspecified atom stereocenters. The standard InChI is InChI=1S/C14H18N4OSi/c1-20(2,3)19-13-7-5-4-6-12(13)8-15-9-14-17-10-16-11-18-14/h4-7,9-11H,8H2,1-3H3/b15-9-. The number of aliphatic imine (C=N–C) groups is 1. The minimum Gasteiger partial charge on any atom is -0.544 e. The molecule has 0 bridgehead atoms. The largest absolute Gasteiger partial charge is 0.544 e. The van der Waals surface area contributed by atoms with Crippen LogP contribution in [0.2, 0.25) is 19.6 Å². The monoisotopic (exact) mass is 286 g/mol. The molecule has 1 aromatic heterocycles. The predicted octanol–water partition coefficient (Wildman–Crippen LogP) is 2.70. The van der Waals surface area contributed by atoms with Gasteiger partial charge in [0.15, 0.2) is 5.82 Å². The minimum atomic E-state index is -1.62. The van der Waals surface area contributed by atoms with E-state index in [4.69, 9.17) is 4.43 Å². The maximum absolute atomic E-state index is 6.06. The van der Waals surface area contributed by atoms with Crippen LogP contribution in [0.3, 0.4) is 0 Å². The molecule has 0 aliphatic carbocycles. The molecule has 0 radical (unpaired) electrons. The van der Waals surface area contributed by atoms with Crippen LogP contribution in [0.25, 0.3) is 0 Å². The molecule has 0 saturated heterocycles. The van der Waals surface area contributed by atoms with Crippen LogP contribution in [0.15, 0.2) is 41.9 Å². The normalized spacial score (nSPS) is 11.8. The molecule has 0 atom stereocenters. The smallest absolute Gasteiger partial charge is 0.242 e. The molecule has 0 saturated carbocycles. The Balaban J connectivity index is 2.08. The van der Waals surface area contributed by atoms with Gasteiger partial charge in [0.25, 0.3) is 0 Å². The van der Waals surface area contributed by atoms with Crippen LogP contribution >= 0.6 is 0 Å². The van der Waals surface area contributed by atoms with E-state index in [0.29, 0.717) is 12.4 Å². The van der Waals surface area contributed by atoms with Gasteiger partial charge < -0.3 is 4.43 Å². The number of para-hydroxylation sites is 1. The number of nitrogens with zero attached hydrogens (tertiary/aromatic N) is 4. The van der Waals surface area contributed by atoms with Crippen LogP contribution < -0.4 is 4.43 Å². The Morgan fingerprint density at radius 1 is 1.15 bits per heavy atom. The highest BCUT2D eigenvalue weighted by Gasteiger charge is 2.17. The van der Waals surface area contributed by atoms with E-state index in [1.165, 1.54) is 12.7 Å². The zero-order chi connectivity index (χ0) is 14.4. The van der Waals surface area contributed by atoms with Gasteiger partial charge in [0.1, 0.15) is 18.4 Å². The van der Waals surface area contributed by atoms with Gasteiger partial charge in [-0.25, -0.2) is 15.0 Å². The third kappa shape index (κ3) is 4.54. The summed E-state index contributed by atoms with van der Waals surface area (Å²) in [4.78, 5) is 16.1. The average molecular weight is 286 g/mol. The first-order valence-electron chi connectivity index (χ1n) is 6.43. The fraction of sp³-hybridized carbons (Fsp3) is 0.286. The molecule has 0 amide bonds. The highest BCUT2D eigenvalue weighted by molar-refractivity contribution is 6.70. The van der Waals surface area contributed by atoms with E-state index in [1.807, 2.05) is 24.3 Å². The van der Waals surface area contributed by atoms with Crippen molar-refractivity contribution in [3.63, 3.8) is 0 Å². The Morgan fingerprint density at radius 3 is 2.55 bits per heavy atom. The summed E-state index contributed by atoms with van der Waals surface area (Å²) in [6.45, 7) is 7.04. The van der Waals surface area contributed by atoms with E-state index in [1.54, 1.807) is 6.21 Å². The van der Waals surface area contributed by atoms with Crippen molar-refractivity contribution in [2.45, 2.75) is 26.2 Å². The van der Waals surface area contributed by atoms with Gasteiger partial charge >= 0.3 is 0 Å². The summed E-state index contributed by atoms with van der Waals surface area (Å²) >= 11 is 0. The highest BCUT2D eigenvalue weighted by Crippen LogP contribution is 2.22. The van der Waals surface area contributed by atoms with Gasteiger partial charge in [-0.2, -0.15) is 0 Å². The van der Waals surface area contributed by atoms with E-state index in [0.717, 1.165) is 11.3 Å². The van der Waals surface area contributed by atoms with E-state index in [-0.39, 0.29) is 0 Å². The molecule has 20 heavy (non-hydrogen) atoms. The van der Waals surface area contributed by atoms with Gasteiger partial charge in [-0.15, -0.1) is 0 Å². The van der Waals surface area contributed by atoms with Gasteiger partial charge in [-0.1, -0.05) is 18.2 Å². The SMILES string of the molecule is C[Si](C)(C)Oc1ccccc1C/N=C\c1ncncn1. The molecular formula is C14H18N4OSi. The lowest BCUT2D eigenvalue weighted by molar-refractivity contribution is 0.549. The molecule has 1 heterocycles. The van der Waals surface area contributed by atoms with Gasteiger partial charge in [-0.05, 0) is 25.7 Å². The fourth-order valence-electron chi connectivity index (χ4n) is 1.60. The molecule has 0 N–H and O–H groups in total. The molecular weight excluding hydrogens is 268 g/mol. The molecule has 0 spiro atoms. The van der Waals surface area contributed by atoms with Crippen LogP contribution in [0.5, 0.6) is 5.75 Å². The van der Waals surface area contributed by atoms with Crippen molar-refractivity contribution < 1.29 is 4.43 Å². The lowest BCUT2D eigenvalue weighted by Crippen LogP contribution is -2.29. The van der Waals surface area contributed by atoms with E-state index >= 15 is 0 Å². The first-order valence-corrected chi connectivity index (χ1v) is 9.84. The Kier molecular flexibility index (Phi) is 4.57. The Hall–Kier alpha value is -2.08. The van der Waals surface area contributed by atoms with Crippen LogP contribution in [0.4, 0.5) is 0 Å². The van der Waals surface area contributed by atoms with E-state index in [2.05, 4.69) is 39.6 Å². The Labute approximate surface area is 119 Å². The van der Waals surface area contributed by atoms with Crippen LogP contribution in [0.1, 0.15) is 11.4 Å². The van der Waals surface area contributed by atoms with E-state index < -0.39 is 8.32 Å². The molecule has 2 rings (SSSR count). The van der Waals surface area contributed by atoms with Crippen molar-refractivity contribution in [3.8, 4) is 5.75 Å². The maximum atomic E-state index is 6.06. The minimum absolute atomic E-state index is 0.548. The third-order valence-electron chi connectivity index (χ3n) is 2.37. The number of hydrogen-bond donors (Lipinski definition) is 0. The van der Waals surface area contributed by atoms with Crippen LogP contribution in [0, 0.1) is 0 Å². The van der Waals surface area contributed by atoms with E-state index in [9.17, 15) is 0 Å². The van der Waals surface area contributed by atoms with Crippen molar-refractivity contribution in [1.29, 1.82) is 0 Å². The second kappa shape index (κ2) is 6.38. The highest BCUT2D eigenvalue weighted by atomic mass is 28.4. The van der Waals surface area contributed by atoms with Crippen LogP contribution in [-0.4, -0.2) is 29.5 Å². The Morgan fingerprint density at radius 2 is 1.85 bits per heavy atom. The first kappa shape index (κ1) is 14.3. The Bertz CT molecular complexity index is 581. The molecule has 5 nitrogen and oxygen atoms in total. The summed E-state index contributed by atoms with van der Waals surface area (Å²) in [6, 6.07) is 7.99. The lowest BCUT2D eigenvalue weighted by atomic mass is 10.2. The quantitative estimate of drug-likeness (QED) is 0.626. The average Bonchev–Trinajstić information content (AvgIpc) is 2.40. The lowest BCUT2D eigenvalue weighted by Gasteiger charge is -2.21. The molecule has 6 heteroatoms. The van der Waals surface area contributed by atoms with Gasteiger partial charge in [-0.3, -0.25) is 4.99 Å². The summed E-state index contributed by atoms with van der Waals surface area (Å²) < 4.78 is 6.06. The second-order valence-corrected chi connectivity index (χ2v) is 9.72. The van der Waals surface area contributed by atoms with Crippen molar-refractivity contribution in [2.75, 3.05) is 0 Å². The molecule has 104 valence electrons. The zero-order valence-corrected chi connectivity index (χ0v) is 12.9. The summed E-state index contributed by atoms with van der Waals surface area (Å²) in [6.07, 6.45) is 4.56. The van der Waals surface area contributed by atoms with Gasteiger partial charge in [0.05, 0.1) is 12.8 Å². The topological polar surface area (TPSA) is 60.3 Å². The van der Waals surface area contributed by atoms with Crippen molar-refractivity contribution in [3.05, 3.63) is 48.3 Å². The summed E-state index contributed by atoms with van der Waals surface area (Å²) in [5.41, 5.74) is 1.07. The second-order valence-electron chi connectivity index (χ2n) is 5.29.